The molecule has 1 rings (SSSR count). The third-order valence-electron chi connectivity index (χ3n) is 3.22. The molecule has 4 amide bonds. The van der Waals surface area contributed by atoms with Crippen LogP contribution in [0.1, 0.15) is 47.5 Å². The van der Waals surface area contributed by atoms with Crippen LogP contribution >= 0.6 is 0 Å². The average Bonchev–Trinajstić information content (AvgIpc) is 2.80. The van der Waals surface area contributed by atoms with Crippen LogP contribution in [0.3, 0.4) is 0 Å². The first-order chi connectivity index (χ1) is 11.9. The second kappa shape index (κ2) is 8.63. The molecule has 1 atom stereocenters. The monoisotopic (exact) mass is 371 g/mol. The molecule has 146 valence electrons. The largest absolute Gasteiger partial charge is 0.444 e. The van der Waals surface area contributed by atoms with Gasteiger partial charge in [0.25, 0.3) is 11.8 Å². The molecule has 0 aromatic heterocycles. The molecule has 2 N–H and O–H groups in total. The number of amides is 4. The maximum atomic E-state index is 12.2. The summed E-state index contributed by atoms with van der Waals surface area (Å²) in [6.07, 6.45) is -0.820. The van der Waals surface area contributed by atoms with Gasteiger partial charge in [-0.2, -0.15) is 0 Å². The summed E-state index contributed by atoms with van der Waals surface area (Å²) >= 11 is 0. The highest BCUT2D eigenvalue weighted by molar-refractivity contribution is 6.02. The Labute approximate surface area is 151 Å². The number of hydroxylamine groups is 2. The quantitative estimate of drug-likeness (QED) is 0.640. The van der Waals surface area contributed by atoms with Crippen LogP contribution in [0.5, 0.6) is 0 Å². The van der Waals surface area contributed by atoms with Gasteiger partial charge in [-0.15, -0.1) is 5.06 Å². The van der Waals surface area contributed by atoms with E-state index in [2.05, 4.69) is 10.6 Å². The number of alkyl carbamates (subject to hydrolysis) is 1. The molecular weight excluding hydrogens is 346 g/mol. The third-order valence-corrected chi connectivity index (χ3v) is 3.22. The van der Waals surface area contributed by atoms with Gasteiger partial charge in [0.05, 0.1) is 0 Å². The molecule has 10 nitrogen and oxygen atoms in total. The summed E-state index contributed by atoms with van der Waals surface area (Å²) < 4.78 is 5.00. The minimum atomic E-state index is -1.09. The topological polar surface area (TPSA) is 131 Å². The Morgan fingerprint density at radius 2 is 1.65 bits per heavy atom. The van der Waals surface area contributed by atoms with E-state index in [0.717, 1.165) is 0 Å². The molecular formula is C16H25N3O7. The molecule has 0 unspecified atom stereocenters. The maximum Gasteiger partial charge on any atom is 0.408 e. The van der Waals surface area contributed by atoms with Crippen molar-refractivity contribution in [2.24, 2.45) is 5.92 Å². The van der Waals surface area contributed by atoms with Crippen LogP contribution in [0.15, 0.2) is 0 Å². The summed E-state index contributed by atoms with van der Waals surface area (Å²) in [6, 6.07) is -1.09. The van der Waals surface area contributed by atoms with Gasteiger partial charge in [-0.3, -0.25) is 14.4 Å². The first-order valence-electron chi connectivity index (χ1n) is 8.24. The van der Waals surface area contributed by atoms with Crippen LogP contribution in [0.4, 0.5) is 4.79 Å². The van der Waals surface area contributed by atoms with Crippen molar-refractivity contribution in [2.75, 3.05) is 6.54 Å². The van der Waals surface area contributed by atoms with E-state index in [1.165, 1.54) is 0 Å². The van der Waals surface area contributed by atoms with Crippen LogP contribution in [-0.2, 0) is 28.8 Å². The number of carbonyl (C=O) groups is 5. The Hall–Kier alpha value is -2.65. The fourth-order valence-corrected chi connectivity index (χ4v) is 1.99. The number of imide groups is 1. The summed E-state index contributed by atoms with van der Waals surface area (Å²) in [7, 11) is 0. The highest BCUT2D eigenvalue weighted by Crippen LogP contribution is 2.14. The third kappa shape index (κ3) is 6.69. The van der Waals surface area contributed by atoms with E-state index in [0.29, 0.717) is 5.06 Å². The SMILES string of the molecule is CC(C)[C@H](NC(=O)CNC(=O)OC(C)(C)C)C(=O)ON1C(=O)CCC1=O. The van der Waals surface area contributed by atoms with Crippen LogP contribution in [0.2, 0.25) is 0 Å². The van der Waals surface area contributed by atoms with Gasteiger partial charge >= 0.3 is 12.1 Å². The van der Waals surface area contributed by atoms with E-state index < -0.39 is 48.0 Å². The van der Waals surface area contributed by atoms with Crippen molar-refractivity contribution < 1.29 is 33.5 Å². The summed E-state index contributed by atoms with van der Waals surface area (Å²) in [5, 5.41) is 5.09. The van der Waals surface area contributed by atoms with Gasteiger partial charge in [0, 0.05) is 12.8 Å². The van der Waals surface area contributed by atoms with Crippen LogP contribution in [0, 0.1) is 5.92 Å². The first-order valence-corrected chi connectivity index (χ1v) is 8.24. The summed E-state index contributed by atoms with van der Waals surface area (Å²) in [6.45, 7) is 7.93. The highest BCUT2D eigenvalue weighted by atomic mass is 16.7. The highest BCUT2D eigenvalue weighted by Gasteiger charge is 2.36. The van der Waals surface area contributed by atoms with Crippen molar-refractivity contribution in [3.63, 3.8) is 0 Å². The summed E-state index contributed by atoms with van der Waals surface area (Å²) in [5.41, 5.74) is -0.709. The van der Waals surface area contributed by atoms with Gasteiger partial charge < -0.3 is 20.2 Å². The average molecular weight is 371 g/mol. The van der Waals surface area contributed by atoms with E-state index >= 15 is 0 Å². The second-order valence-electron chi connectivity index (χ2n) is 7.14. The number of hydrogen-bond acceptors (Lipinski definition) is 7. The summed E-state index contributed by atoms with van der Waals surface area (Å²) in [4.78, 5) is 63.5. The van der Waals surface area contributed by atoms with Crippen LogP contribution in [0.25, 0.3) is 0 Å². The minimum absolute atomic E-state index is 0.0232. The summed E-state index contributed by atoms with van der Waals surface area (Å²) in [5.74, 6) is -3.17. The number of hydrogen-bond donors (Lipinski definition) is 2. The van der Waals surface area contributed by atoms with E-state index in [9.17, 15) is 24.0 Å². The van der Waals surface area contributed by atoms with E-state index in [-0.39, 0.29) is 18.8 Å². The van der Waals surface area contributed by atoms with Crippen LogP contribution in [-0.4, -0.2) is 53.0 Å². The van der Waals surface area contributed by atoms with E-state index in [1.54, 1.807) is 34.6 Å². The lowest BCUT2D eigenvalue weighted by Crippen LogP contribution is -2.50. The molecule has 0 radical (unpaired) electrons. The molecule has 0 aromatic carbocycles. The molecule has 26 heavy (non-hydrogen) atoms. The number of nitrogens with zero attached hydrogens (tertiary/aromatic N) is 1. The molecule has 1 fully saturated rings. The number of rotatable bonds is 6. The van der Waals surface area contributed by atoms with Gasteiger partial charge in [0.15, 0.2) is 0 Å². The van der Waals surface area contributed by atoms with Gasteiger partial charge in [0.2, 0.25) is 5.91 Å². The fourth-order valence-electron chi connectivity index (χ4n) is 1.99. The Balaban J connectivity index is 2.57. The predicted molar refractivity (Wildman–Crippen MR) is 88.2 cm³/mol. The molecule has 1 heterocycles. The van der Waals surface area contributed by atoms with Gasteiger partial charge in [0.1, 0.15) is 18.2 Å². The van der Waals surface area contributed by atoms with Crippen LogP contribution < -0.4 is 10.6 Å². The smallest absolute Gasteiger partial charge is 0.408 e. The molecule has 1 saturated heterocycles. The standard InChI is InChI=1S/C16H25N3O7/c1-9(2)13(14(23)26-19-11(21)6-7-12(19)22)18-10(20)8-17-15(24)25-16(3,4)5/h9,13H,6-8H2,1-5H3,(H,17,24)(H,18,20)/t13-/m0/s1. The molecule has 1 aliphatic rings. The minimum Gasteiger partial charge on any atom is -0.444 e. The van der Waals surface area contributed by atoms with Crippen molar-refractivity contribution in [1.82, 2.24) is 15.7 Å². The molecule has 1 aliphatic heterocycles. The molecule has 0 aliphatic carbocycles. The molecule has 0 saturated carbocycles. The van der Waals surface area contributed by atoms with E-state index in [4.69, 9.17) is 9.57 Å². The maximum absolute atomic E-state index is 12.2. The Bertz CT molecular complexity index is 579. The molecule has 0 spiro atoms. The number of ether oxygens (including phenoxy) is 1. The molecule has 0 bridgehead atoms. The van der Waals surface area contributed by atoms with E-state index in [1.807, 2.05) is 0 Å². The van der Waals surface area contributed by atoms with Gasteiger partial charge in [-0.1, -0.05) is 13.8 Å². The zero-order valence-corrected chi connectivity index (χ0v) is 15.6. The fraction of sp³-hybridized carbons (Fsp3) is 0.688. The lowest BCUT2D eigenvalue weighted by molar-refractivity contribution is -0.199. The molecule has 10 heteroatoms. The normalized spacial score (nSPS) is 15.7. The lowest BCUT2D eigenvalue weighted by atomic mass is 10.0. The first kappa shape index (κ1) is 21.4. The zero-order chi connectivity index (χ0) is 20.1. The van der Waals surface area contributed by atoms with Gasteiger partial charge in [-0.05, 0) is 26.7 Å². The van der Waals surface area contributed by atoms with Gasteiger partial charge in [-0.25, -0.2) is 9.59 Å². The van der Waals surface area contributed by atoms with Crippen molar-refractivity contribution in [3.8, 4) is 0 Å². The molecule has 0 aromatic rings. The number of nitrogens with one attached hydrogen (secondary N) is 2. The predicted octanol–water partition coefficient (Wildman–Crippen LogP) is 0.259. The van der Waals surface area contributed by atoms with Crippen molar-refractivity contribution >= 4 is 29.8 Å². The zero-order valence-electron chi connectivity index (χ0n) is 15.6. The Morgan fingerprint density at radius 3 is 2.12 bits per heavy atom. The Kier molecular flexibility index (Phi) is 7.10. The number of carbonyl (C=O) groups excluding carboxylic acids is 5. The second-order valence-corrected chi connectivity index (χ2v) is 7.14. The van der Waals surface area contributed by atoms with Crippen molar-refractivity contribution in [1.29, 1.82) is 0 Å². The Morgan fingerprint density at radius 1 is 1.12 bits per heavy atom. The lowest BCUT2D eigenvalue weighted by Gasteiger charge is -2.23. The van der Waals surface area contributed by atoms with Crippen molar-refractivity contribution in [3.05, 3.63) is 0 Å². The van der Waals surface area contributed by atoms with Crippen molar-refractivity contribution in [2.45, 2.75) is 59.1 Å².